The second-order valence-corrected chi connectivity index (χ2v) is 4.53. The van der Waals surface area contributed by atoms with Crippen molar-refractivity contribution in [2.24, 2.45) is 0 Å². The van der Waals surface area contributed by atoms with Crippen molar-refractivity contribution < 1.29 is 23.4 Å². The summed E-state index contributed by atoms with van der Waals surface area (Å²) >= 11 is 0. The zero-order valence-electron chi connectivity index (χ0n) is 11.8. The maximum Gasteiger partial charge on any atom is 0.129 e. The molecule has 1 unspecified atom stereocenters. The Balaban J connectivity index is 2.30. The van der Waals surface area contributed by atoms with Gasteiger partial charge in [-0.1, -0.05) is 6.07 Å². The van der Waals surface area contributed by atoms with Crippen LogP contribution in [0.1, 0.15) is 17.2 Å². The number of methoxy groups -OCH3 is 2. The molecule has 5 heteroatoms. The number of aliphatic hydroxyl groups excluding tert-OH is 1. The molecule has 1 N–H and O–H groups in total. The predicted molar refractivity (Wildman–Crippen MR) is 74.6 cm³/mol. The molecule has 0 aliphatic carbocycles. The van der Waals surface area contributed by atoms with Crippen LogP contribution in [0.4, 0.5) is 8.78 Å². The fourth-order valence-corrected chi connectivity index (χ4v) is 2.12. The van der Waals surface area contributed by atoms with E-state index in [0.29, 0.717) is 17.1 Å². The van der Waals surface area contributed by atoms with E-state index in [-0.39, 0.29) is 12.0 Å². The average Bonchev–Trinajstić information content (AvgIpc) is 2.50. The van der Waals surface area contributed by atoms with Crippen LogP contribution in [-0.4, -0.2) is 19.3 Å². The number of hydrogen-bond donors (Lipinski definition) is 1. The summed E-state index contributed by atoms with van der Waals surface area (Å²) in [6.45, 7) is 0. The molecule has 0 aromatic heterocycles. The molecule has 3 nitrogen and oxygen atoms in total. The normalized spacial score (nSPS) is 12.0. The first kappa shape index (κ1) is 15.3. The second kappa shape index (κ2) is 6.54. The van der Waals surface area contributed by atoms with Crippen molar-refractivity contribution in [3.63, 3.8) is 0 Å². The largest absolute Gasteiger partial charge is 0.497 e. The summed E-state index contributed by atoms with van der Waals surface area (Å²) < 4.78 is 37.5. The first-order valence-corrected chi connectivity index (χ1v) is 6.39. The van der Waals surface area contributed by atoms with E-state index in [1.54, 1.807) is 18.2 Å². The molecule has 0 radical (unpaired) electrons. The number of benzene rings is 2. The molecule has 0 aliphatic rings. The van der Waals surface area contributed by atoms with Gasteiger partial charge >= 0.3 is 0 Å². The molecule has 112 valence electrons. The third-order valence-corrected chi connectivity index (χ3v) is 3.26. The highest BCUT2D eigenvalue weighted by Gasteiger charge is 2.18. The van der Waals surface area contributed by atoms with Crippen LogP contribution in [0.15, 0.2) is 36.4 Å². The first-order chi connectivity index (χ1) is 10.1. The molecule has 2 rings (SSSR count). The van der Waals surface area contributed by atoms with Gasteiger partial charge in [0.25, 0.3) is 0 Å². The lowest BCUT2D eigenvalue weighted by Gasteiger charge is -2.16. The van der Waals surface area contributed by atoms with Crippen LogP contribution in [0.3, 0.4) is 0 Å². The van der Waals surface area contributed by atoms with Crippen molar-refractivity contribution >= 4 is 0 Å². The topological polar surface area (TPSA) is 38.7 Å². The number of halogens is 2. The lowest BCUT2D eigenvalue weighted by molar-refractivity contribution is 0.171. The SMILES string of the molecule is COc1ccc(C(O)Cc2c(F)cccc2F)c(OC)c1. The van der Waals surface area contributed by atoms with E-state index in [4.69, 9.17) is 9.47 Å². The molecule has 0 saturated carbocycles. The Hall–Kier alpha value is -2.14. The summed E-state index contributed by atoms with van der Waals surface area (Å²) in [7, 11) is 2.97. The first-order valence-electron chi connectivity index (χ1n) is 6.39. The van der Waals surface area contributed by atoms with Crippen LogP contribution >= 0.6 is 0 Å². The van der Waals surface area contributed by atoms with Crippen LogP contribution < -0.4 is 9.47 Å². The summed E-state index contributed by atoms with van der Waals surface area (Å²) in [5.41, 5.74) is 0.295. The van der Waals surface area contributed by atoms with Gasteiger partial charge in [-0.3, -0.25) is 0 Å². The molecule has 0 saturated heterocycles. The summed E-state index contributed by atoms with van der Waals surface area (Å²) in [4.78, 5) is 0. The Bertz CT molecular complexity index is 609. The van der Waals surface area contributed by atoms with Crippen LogP contribution in [0, 0.1) is 11.6 Å². The highest BCUT2D eigenvalue weighted by Crippen LogP contribution is 2.32. The van der Waals surface area contributed by atoms with Crippen LogP contribution in [0.5, 0.6) is 11.5 Å². The highest BCUT2D eigenvalue weighted by molar-refractivity contribution is 5.42. The van der Waals surface area contributed by atoms with E-state index in [1.165, 1.54) is 20.3 Å². The molecule has 2 aromatic carbocycles. The van der Waals surface area contributed by atoms with Gasteiger partial charge < -0.3 is 14.6 Å². The van der Waals surface area contributed by atoms with Crippen molar-refractivity contribution in [3.8, 4) is 11.5 Å². The fraction of sp³-hybridized carbons (Fsp3) is 0.250. The lowest BCUT2D eigenvalue weighted by Crippen LogP contribution is -2.07. The van der Waals surface area contributed by atoms with E-state index in [0.717, 1.165) is 12.1 Å². The smallest absolute Gasteiger partial charge is 0.129 e. The van der Waals surface area contributed by atoms with Crippen molar-refractivity contribution in [2.75, 3.05) is 14.2 Å². The van der Waals surface area contributed by atoms with Crippen molar-refractivity contribution in [1.29, 1.82) is 0 Å². The minimum Gasteiger partial charge on any atom is -0.497 e. The summed E-state index contributed by atoms with van der Waals surface area (Å²) in [5.74, 6) is -0.387. The van der Waals surface area contributed by atoms with Gasteiger partial charge in [-0.05, 0) is 24.3 Å². The van der Waals surface area contributed by atoms with Gasteiger partial charge in [0.05, 0.1) is 20.3 Å². The zero-order chi connectivity index (χ0) is 15.4. The third kappa shape index (κ3) is 3.31. The van der Waals surface area contributed by atoms with Gasteiger partial charge in [-0.25, -0.2) is 8.78 Å². The molecule has 0 amide bonds. The van der Waals surface area contributed by atoms with E-state index in [1.807, 2.05) is 0 Å². The molecule has 1 atom stereocenters. The lowest BCUT2D eigenvalue weighted by atomic mass is 9.99. The molecule has 2 aromatic rings. The molecule has 0 heterocycles. The third-order valence-electron chi connectivity index (χ3n) is 3.26. The monoisotopic (exact) mass is 294 g/mol. The van der Waals surface area contributed by atoms with Crippen molar-refractivity contribution in [3.05, 3.63) is 59.2 Å². The minimum atomic E-state index is -1.09. The molecule has 21 heavy (non-hydrogen) atoms. The van der Waals surface area contributed by atoms with Crippen LogP contribution in [0.25, 0.3) is 0 Å². The maximum atomic E-state index is 13.6. The quantitative estimate of drug-likeness (QED) is 0.920. The Labute approximate surface area is 121 Å². The molecular formula is C16H16F2O3. The Morgan fingerprint density at radius 3 is 2.29 bits per heavy atom. The van der Waals surface area contributed by atoms with E-state index < -0.39 is 17.7 Å². The Morgan fingerprint density at radius 1 is 1.05 bits per heavy atom. The molecule has 0 spiro atoms. The van der Waals surface area contributed by atoms with Gasteiger partial charge in [0.15, 0.2) is 0 Å². The summed E-state index contributed by atoms with van der Waals surface area (Å²) in [6, 6.07) is 8.48. The van der Waals surface area contributed by atoms with Crippen LogP contribution in [-0.2, 0) is 6.42 Å². The van der Waals surface area contributed by atoms with Gasteiger partial charge in [-0.2, -0.15) is 0 Å². The standard InChI is InChI=1S/C16H16F2O3/c1-20-10-6-7-11(16(8-10)21-2)15(19)9-12-13(17)4-3-5-14(12)18/h3-8,15,19H,9H2,1-2H3. The van der Waals surface area contributed by atoms with Gasteiger partial charge in [-0.15, -0.1) is 0 Å². The molecule has 0 fully saturated rings. The molecular weight excluding hydrogens is 278 g/mol. The Kier molecular flexibility index (Phi) is 4.75. The highest BCUT2D eigenvalue weighted by atomic mass is 19.1. The van der Waals surface area contributed by atoms with Gasteiger partial charge in [0.1, 0.15) is 23.1 Å². The Morgan fingerprint density at radius 2 is 1.71 bits per heavy atom. The van der Waals surface area contributed by atoms with Crippen molar-refractivity contribution in [2.45, 2.75) is 12.5 Å². The molecule has 0 aliphatic heterocycles. The number of aliphatic hydroxyl groups is 1. The van der Waals surface area contributed by atoms with Crippen LogP contribution in [0.2, 0.25) is 0 Å². The van der Waals surface area contributed by atoms with E-state index in [2.05, 4.69) is 0 Å². The van der Waals surface area contributed by atoms with Gasteiger partial charge in [0.2, 0.25) is 0 Å². The average molecular weight is 294 g/mol. The maximum absolute atomic E-state index is 13.6. The second-order valence-electron chi connectivity index (χ2n) is 4.53. The number of hydrogen-bond acceptors (Lipinski definition) is 3. The van der Waals surface area contributed by atoms with E-state index in [9.17, 15) is 13.9 Å². The summed E-state index contributed by atoms with van der Waals surface area (Å²) in [6.07, 6.45) is -1.27. The van der Waals surface area contributed by atoms with Crippen molar-refractivity contribution in [1.82, 2.24) is 0 Å². The fourth-order valence-electron chi connectivity index (χ4n) is 2.12. The van der Waals surface area contributed by atoms with E-state index >= 15 is 0 Å². The number of ether oxygens (including phenoxy) is 2. The minimum absolute atomic E-state index is 0.150. The molecule has 0 bridgehead atoms. The zero-order valence-corrected chi connectivity index (χ0v) is 11.8. The predicted octanol–water partition coefficient (Wildman–Crippen LogP) is 3.26. The number of rotatable bonds is 5. The van der Waals surface area contributed by atoms with Gasteiger partial charge in [0, 0.05) is 23.6 Å². The summed E-state index contributed by atoms with van der Waals surface area (Å²) in [5, 5.41) is 10.2.